The zero-order chi connectivity index (χ0) is 14.8. The van der Waals surface area contributed by atoms with Gasteiger partial charge in [-0.3, -0.25) is 14.0 Å². The quantitative estimate of drug-likeness (QED) is 0.785. The van der Waals surface area contributed by atoms with E-state index in [2.05, 4.69) is 4.98 Å². The molecule has 110 valence electrons. The maximum atomic E-state index is 12.8. The summed E-state index contributed by atoms with van der Waals surface area (Å²) in [6.07, 6.45) is 3.43. The molecule has 6 nitrogen and oxygen atoms in total. The molecular formula is C15H18N4O2. The van der Waals surface area contributed by atoms with E-state index in [1.165, 1.54) is 0 Å². The van der Waals surface area contributed by atoms with Crippen molar-refractivity contribution in [1.82, 2.24) is 19.2 Å². The molecule has 0 aliphatic carbocycles. The van der Waals surface area contributed by atoms with E-state index in [1.54, 1.807) is 9.80 Å². The molecule has 0 spiro atoms. The van der Waals surface area contributed by atoms with Gasteiger partial charge in [0.1, 0.15) is 11.3 Å². The topological polar surface area (TPSA) is 57.9 Å². The Labute approximate surface area is 123 Å². The molecule has 1 fully saturated rings. The van der Waals surface area contributed by atoms with Crippen molar-refractivity contribution in [2.24, 2.45) is 0 Å². The highest BCUT2D eigenvalue weighted by Crippen LogP contribution is 2.16. The van der Waals surface area contributed by atoms with Crippen molar-refractivity contribution in [3.8, 4) is 0 Å². The van der Waals surface area contributed by atoms with E-state index < -0.39 is 0 Å². The average Bonchev–Trinajstić information content (AvgIpc) is 2.92. The lowest BCUT2D eigenvalue weighted by molar-refractivity contribution is -0.119. The molecule has 3 rings (SSSR count). The van der Waals surface area contributed by atoms with Crippen molar-refractivity contribution in [3.05, 3.63) is 35.8 Å². The van der Waals surface area contributed by atoms with Gasteiger partial charge in [0.2, 0.25) is 6.41 Å². The first-order valence-electron chi connectivity index (χ1n) is 7.19. The Morgan fingerprint density at radius 1 is 1.29 bits per heavy atom. The van der Waals surface area contributed by atoms with Gasteiger partial charge in [-0.05, 0) is 18.6 Å². The lowest BCUT2D eigenvalue weighted by Crippen LogP contribution is -2.48. The van der Waals surface area contributed by atoms with Gasteiger partial charge in [-0.25, -0.2) is 4.98 Å². The SMILES string of the molecule is CCc1nc2ccccn2c1C(=O)N1CCN(C=O)CC1. The highest BCUT2D eigenvalue weighted by molar-refractivity contribution is 5.95. The largest absolute Gasteiger partial charge is 0.342 e. The molecule has 0 unspecified atom stereocenters. The molecule has 0 bridgehead atoms. The first kappa shape index (κ1) is 13.6. The summed E-state index contributed by atoms with van der Waals surface area (Å²) in [4.78, 5) is 31.6. The number of fused-ring (bicyclic) bond motifs is 1. The van der Waals surface area contributed by atoms with Gasteiger partial charge < -0.3 is 9.80 Å². The zero-order valence-electron chi connectivity index (χ0n) is 12.0. The van der Waals surface area contributed by atoms with Crippen LogP contribution in [0.2, 0.25) is 0 Å². The Balaban J connectivity index is 1.92. The number of hydrogen-bond donors (Lipinski definition) is 0. The van der Waals surface area contributed by atoms with E-state index in [0.29, 0.717) is 31.9 Å². The number of aryl methyl sites for hydroxylation is 1. The normalized spacial score (nSPS) is 15.5. The number of aromatic nitrogens is 2. The van der Waals surface area contributed by atoms with E-state index in [0.717, 1.165) is 24.2 Å². The number of carbonyl (C=O) groups excluding carboxylic acids is 2. The molecule has 0 aromatic carbocycles. The van der Waals surface area contributed by atoms with Crippen molar-refractivity contribution in [2.45, 2.75) is 13.3 Å². The summed E-state index contributed by atoms with van der Waals surface area (Å²) >= 11 is 0. The molecule has 21 heavy (non-hydrogen) atoms. The zero-order valence-corrected chi connectivity index (χ0v) is 12.0. The van der Waals surface area contributed by atoms with Gasteiger partial charge in [0.05, 0.1) is 5.69 Å². The molecule has 2 aromatic rings. The van der Waals surface area contributed by atoms with Crippen LogP contribution in [-0.2, 0) is 11.2 Å². The Morgan fingerprint density at radius 3 is 2.71 bits per heavy atom. The Hall–Kier alpha value is -2.37. The Bertz CT molecular complexity index is 671. The number of rotatable bonds is 3. The first-order chi connectivity index (χ1) is 10.2. The minimum atomic E-state index is -0.00361. The van der Waals surface area contributed by atoms with E-state index >= 15 is 0 Å². The van der Waals surface area contributed by atoms with E-state index in [-0.39, 0.29) is 5.91 Å². The summed E-state index contributed by atoms with van der Waals surface area (Å²) in [6, 6.07) is 5.72. The van der Waals surface area contributed by atoms with Crippen LogP contribution < -0.4 is 0 Å². The van der Waals surface area contributed by atoms with Gasteiger partial charge in [-0.2, -0.15) is 0 Å². The lowest BCUT2D eigenvalue weighted by atomic mass is 10.2. The van der Waals surface area contributed by atoms with Crippen LogP contribution >= 0.6 is 0 Å². The van der Waals surface area contributed by atoms with Crippen LogP contribution in [-0.4, -0.2) is 57.7 Å². The Morgan fingerprint density at radius 2 is 2.05 bits per heavy atom. The maximum absolute atomic E-state index is 12.8. The molecule has 1 saturated heterocycles. The molecule has 1 aliphatic heterocycles. The number of piperazine rings is 1. The van der Waals surface area contributed by atoms with Gasteiger partial charge in [-0.1, -0.05) is 13.0 Å². The molecule has 3 heterocycles. The number of pyridine rings is 1. The van der Waals surface area contributed by atoms with E-state index in [4.69, 9.17) is 0 Å². The van der Waals surface area contributed by atoms with Gasteiger partial charge in [0, 0.05) is 32.4 Å². The van der Waals surface area contributed by atoms with Gasteiger partial charge >= 0.3 is 0 Å². The molecule has 0 saturated carbocycles. The van der Waals surface area contributed by atoms with Crippen molar-refractivity contribution in [1.29, 1.82) is 0 Å². The minimum Gasteiger partial charge on any atom is -0.342 e. The highest BCUT2D eigenvalue weighted by Gasteiger charge is 2.26. The fourth-order valence-electron chi connectivity index (χ4n) is 2.70. The predicted molar refractivity (Wildman–Crippen MR) is 78.1 cm³/mol. The van der Waals surface area contributed by atoms with Crippen molar-refractivity contribution in [2.75, 3.05) is 26.2 Å². The fourth-order valence-corrected chi connectivity index (χ4v) is 2.70. The second kappa shape index (κ2) is 5.55. The number of amides is 2. The molecule has 0 N–H and O–H groups in total. The second-order valence-electron chi connectivity index (χ2n) is 5.12. The highest BCUT2D eigenvalue weighted by atomic mass is 16.2. The third kappa shape index (κ3) is 2.37. The van der Waals surface area contributed by atoms with E-state index in [1.807, 2.05) is 35.7 Å². The number of nitrogens with zero attached hydrogens (tertiary/aromatic N) is 4. The molecule has 1 aliphatic rings. The number of hydrogen-bond acceptors (Lipinski definition) is 3. The Kier molecular flexibility index (Phi) is 3.60. The maximum Gasteiger partial charge on any atom is 0.272 e. The molecule has 0 radical (unpaired) electrons. The minimum absolute atomic E-state index is 0.00361. The van der Waals surface area contributed by atoms with Crippen LogP contribution in [0, 0.1) is 0 Å². The van der Waals surface area contributed by atoms with Crippen LogP contribution in [0.1, 0.15) is 23.1 Å². The van der Waals surface area contributed by atoms with Crippen molar-refractivity contribution < 1.29 is 9.59 Å². The molecular weight excluding hydrogens is 268 g/mol. The van der Waals surface area contributed by atoms with Gasteiger partial charge in [0.25, 0.3) is 5.91 Å². The van der Waals surface area contributed by atoms with Gasteiger partial charge in [-0.15, -0.1) is 0 Å². The van der Waals surface area contributed by atoms with Crippen LogP contribution in [0.4, 0.5) is 0 Å². The van der Waals surface area contributed by atoms with Crippen LogP contribution in [0.25, 0.3) is 5.65 Å². The third-order valence-corrected chi connectivity index (χ3v) is 3.89. The average molecular weight is 286 g/mol. The van der Waals surface area contributed by atoms with Crippen molar-refractivity contribution in [3.63, 3.8) is 0 Å². The third-order valence-electron chi connectivity index (χ3n) is 3.89. The van der Waals surface area contributed by atoms with Gasteiger partial charge in [0.15, 0.2) is 0 Å². The number of carbonyl (C=O) groups is 2. The number of imidazole rings is 1. The molecule has 0 atom stereocenters. The summed E-state index contributed by atoms with van der Waals surface area (Å²) < 4.78 is 1.85. The standard InChI is InChI=1S/C15H18N4O2/c1-2-12-14(19-6-4-3-5-13(19)16-12)15(21)18-9-7-17(11-20)8-10-18/h3-6,11H,2,7-10H2,1H3. The van der Waals surface area contributed by atoms with Crippen molar-refractivity contribution >= 4 is 18.0 Å². The summed E-state index contributed by atoms with van der Waals surface area (Å²) in [5.74, 6) is -0.00361. The summed E-state index contributed by atoms with van der Waals surface area (Å²) in [6.45, 7) is 4.32. The van der Waals surface area contributed by atoms with Crippen LogP contribution in [0.5, 0.6) is 0 Å². The predicted octanol–water partition coefficient (Wildman–Crippen LogP) is 0.811. The fraction of sp³-hybridized carbons (Fsp3) is 0.400. The van der Waals surface area contributed by atoms with Crippen LogP contribution in [0.15, 0.2) is 24.4 Å². The molecule has 2 amide bonds. The second-order valence-corrected chi connectivity index (χ2v) is 5.12. The molecule has 2 aromatic heterocycles. The smallest absolute Gasteiger partial charge is 0.272 e. The van der Waals surface area contributed by atoms with E-state index in [9.17, 15) is 9.59 Å². The molecule has 6 heteroatoms. The monoisotopic (exact) mass is 286 g/mol. The van der Waals surface area contributed by atoms with Crippen LogP contribution in [0.3, 0.4) is 0 Å². The lowest BCUT2D eigenvalue weighted by Gasteiger charge is -2.32. The summed E-state index contributed by atoms with van der Waals surface area (Å²) in [5.41, 5.74) is 2.26. The summed E-state index contributed by atoms with van der Waals surface area (Å²) in [5, 5.41) is 0. The summed E-state index contributed by atoms with van der Waals surface area (Å²) in [7, 11) is 0. The first-order valence-corrected chi connectivity index (χ1v) is 7.19.